The molecule has 4 rings (SSSR count). The summed E-state index contributed by atoms with van der Waals surface area (Å²) in [6.07, 6.45) is 1.11. The van der Waals surface area contributed by atoms with Gasteiger partial charge in [0.25, 0.3) is 0 Å². The molecule has 1 heterocycles. The van der Waals surface area contributed by atoms with Crippen molar-refractivity contribution < 1.29 is 9.05 Å². The summed E-state index contributed by atoms with van der Waals surface area (Å²) >= 11 is 0. The molecule has 0 N–H and O–H groups in total. The van der Waals surface area contributed by atoms with E-state index in [-0.39, 0.29) is 21.7 Å². The fourth-order valence-electron chi connectivity index (χ4n) is 6.52. The van der Waals surface area contributed by atoms with Crippen LogP contribution in [-0.4, -0.2) is 0 Å². The van der Waals surface area contributed by atoms with Gasteiger partial charge >= 0.3 is 8.38 Å². The fraction of sp³-hybridized carbons (Fsp3) is 0.550. The van der Waals surface area contributed by atoms with Crippen LogP contribution in [0.3, 0.4) is 0 Å². The normalized spacial score (nSPS) is 15.8. The molecule has 3 aromatic rings. The molecule has 3 aromatic carbocycles. The topological polar surface area (TPSA) is 18.5 Å². The minimum Gasteiger partial charge on any atom is -0.435 e. The lowest BCUT2D eigenvalue weighted by molar-refractivity contribution is 0.283. The maximum Gasteiger partial charge on any atom is 0.326 e. The van der Waals surface area contributed by atoms with Crippen LogP contribution in [0.5, 0.6) is 11.5 Å². The second kappa shape index (κ2) is 11.6. The Labute approximate surface area is 264 Å². The van der Waals surface area contributed by atoms with Crippen molar-refractivity contribution in [1.82, 2.24) is 0 Å². The van der Waals surface area contributed by atoms with Crippen LogP contribution in [0.1, 0.15) is 150 Å². The highest BCUT2D eigenvalue weighted by Gasteiger charge is 2.37. The first-order valence-electron chi connectivity index (χ1n) is 16.2. The van der Waals surface area contributed by atoms with Crippen LogP contribution in [0.4, 0.5) is 0 Å². The largest absolute Gasteiger partial charge is 0.435 e. The van der Waals surface area contributed by atoms with E-state index in [9.17, 15) is 0 Å². The fourth-order valence-corrected chi connectivity index (χ4v) is 8.09. The SMILES string of the molecule is CC(C)c1cc(C(C)(C)CC(C)(C)C)cc(C(C)C)c1OP1Oc2c(cc(C(C)(C)C)cc2C(C)(C)C)-c2ccccc21. The van der Waals surface area contributed by atoms with Crippen LogP contribution >= 0.6 is 8.38 Å². The van der Waals surface area contributed by atoms with Gasteiger partial charge in [-0.1, -0.05) is 140 Å². The highest BCUT2D eigenvalue weighted by atomic mass is 31.2. The minimum absolute atomic E-state index is 0.0312. The zero-order chi connectivity index (χ0) is 32.3. The van der Waals surface area contributed by atoms with E-state index in [2.05, 4.69) is 152 Å². The van der Waals surface area contributed by atoms with Crippen LogP contribution in [0.25, 0.3) is 11.1 Å². The molecule has 0 bridgehead atoms. The molecule has 0 saturated carbocycles. The van der Waals surface area contributed by atoms with Gasteiger partial charge < -0.3 is 9.05 Å². The van der Waals surface area contributed by atoms with Crippen molar-refractivity contribution in [2.45, 2.75) is 138 Å². The van der Waals surface area contributed by atoms with Crippen molar-refractivity contribution in [1.29, 1.82) is 0 Å². The van der Waals surface area contributed by atoms with Crippen molar-refractivity contribution in [2.24, 2.45) is 5.41 Å². The van der Waals surface area contributed by atoms with Gasteiger partial charge in [-0.2, -0.15) is 0 Å². The first-order valence-corrected chi connectivity index (χ1v) is 17.4. The molecule has 0 amide bonds. The Balaban J connectivity index is 1.91. The molecule has 0 fully saturated rings. The summed E-state index contributed by atoms with van der Waals surface area (Å²) in [5, 5.41) is 1.15. The molecule has 2 nitrogen and oxygen atoms in total. The molecule has 0 spiro atoms. The monoisotopic (exact) mass is 600 g/mol. The average molecular weight is 601 g/mol. The van der Waals surface area contributed by atoms with Crippen molar-refractivity contribution in [2.75, 3.05) is 0 Å². The van der Waals surface area contributed by atoms with Crippen LogP contribution in [0, 0.1) is 5.41 Å². The summed E-state index contributed by atoms with van der Waals surface area (Å²) in [4.78, 5) is 0. The quantitative estimate of drug-likeness (QED) is 0.262. The van der Waals surface area contributed by atoms with Crippen molar-refractivity contribution >= 4 is 13.7 Å². The van der Waals surface area contributed by atoms with E-state index in [0.717, 1.165) is 23.2 Å². The van der Waals surface area contributed by atoms with Gasteiger partial charge in [-0.15, -0.1) is 0 Å². The second-order valence-corrected chi connectivity index (χ2v) is 18.6. The minimum atomic E-state index is -1.39. The Bertz CT molecular complexity index is 1440. The molecule has 0 aromatic heterocycles. The van der Waals surface area contributed by atoms with Gasteiger partial charge in [0, 0.05) is 11.1 Å². The lowest BCUT2D eigenvalue weighted by atomic mass is 9.71. The van der Waals surface area contributed by atoms with Gasteiger partial charge in [0.1, 0.15) is 11.5 Å². The zero-order valence-corrected chi connectivity index (χ0v) is 30.6. The van der Waals surface area contributed by atoms with Crippen LogP contribution < -0.4 is 14.4 Å². The molecule has 0 saturated heterocycles. The molecule has 0 radical (unpaired) electrons. The van der Waals surface area contributed by atoms with Crippen molar-refractivity contribution in [3.05, 3.63) is 76.3 Å². The smallest absolute Gasteiger partial charge is 0.326 e. The van der Waals surface area contributed by atoms with E-state index in [1.807, 2.05) is 0 Å². The summed E-state index contributed by atoms with van der Waals surface area (Å²) in [5.74, 6) is 2.62. The number of hydrogen-bond acceptors (Lipinski definition) is 2. The average Bonchev–Trinajstić information content (AvgIpc) is 2.85. The van der Waals surface area contributed by atoms with E-state index < -0.39 is 8.38 Å². The summed E-state index contributed by atoms with van der Waals surface area (Å²) in [6.45, 7) is 34.7. The van der Waals surface area contributed by atoms with Crippen molar-refractivity contribution in [3.63, 3.8) is 0 Å². The second-order valence-electron chi connectivity index (χ2n) is 17.3. The molecule has 0 aliphatic carbocycles. The van der Waals surface area contributed by atoms with E-state index in [4.69, 9.17) is 9.05 Å². The van der Waals surface area contributed by atoms with Gasteiger partial charge in [0.2, 0.25) is 0 Å². The number of rotatable bonds is 6. The maximum absolute atomic E-state index is 7.20. The van der Waals surface area contributed by atoms with Gasteiger partial charge in [-0.3, -0.25) is 0 Å². The number of hydrogen-bond donors (Lipinski definition) is 0. The molecule has 3 heteroatoms. The molecule has 1 unspecified atom stereocenters. The molecule has 43 heavy (non-hydrogen) atoms. The standard InChI is InChI=1S/C40H57O2P/c1-25(2)30-21-28(40(14,15)24-37(5,6)7)22-31(26(3)4)35(30)41-43-34-19-17-16-18-29(34)32-20-27(38(8,9)10)23-33(36(32)42-43)39(11,12)13/h16-23,25-26H,24H2,1-15H3. The van der Waals surface area contributed by atoms with Gasteiger partial charge in [0.15, 0.2) is 0 Å². The summed E-state index contributed by atoms with van der Waals surface area (Å²) in [7, 11) is -1.39. The molecule has 1 aliphatic heterocycles. The first-order chi connectivity index (χ1) is 19.6. The molecule has 1 atom stereocenters. The summed E-state index contributed by atoms with van der Waals surface area (Å²) in [6, 6.07) is 18.3. The Kier molecular flexibility index (Phi) is 9.03. The maximum atomic E-state index is 7.20. The predicted octanol–water partition coefficient (Wildman–Crippen LogP) is 12.3. The van der Waals surface area contributed by atoms with E-state index in [1.165, 1.54) is 38.9 Å². The molecule has 1 aliphatic rings. The molecule has 234 valence electrons. The lowest BCUT2D eigenvalue weighted by Gasteiger charge is -2.36. The van der Waals surface area contributed by atoms with E-state index in [0.29, 0.717) is 11.8 Å². The lowest BCUT2D eigenvalue weighted by Crippen LogP contribution is -2.26. The van der Waals surface area contributed by atoms with Crippen LogP contribution in [0.2, 0.25) is 0 Å². The van der Waals surface area contributed by atoms with Crippen LogP contribution in [-0.2, 0) is 16.2 Å². The van der Waals surface area contributed by atoms with E-state index >= 15 is 0 Å². The highest BCUT2D eigenvalue weighted by Crippen LogP contribution is 2.55. The highest BCUT2D eigenvalue weighted by molar-refractivity contribution is 7.57. The Hall–Kier alpha value is -2.31. The third kappa shape index (κ3) is 7.17. The first kappa shape index (κ1) is 33.6. The predicted molar refractivity (Wildman–Crippen MR) is 189 cm³/mol. The third-order valence-electron chi connectivity index (χ3n) is 8.65. The van der Waals surface area contributed by atoms with Gasteiger partial charge in [0.05, 0.1) is 5.30 Å². The van der Waals surface area contributed by atoms with E-state index in [1.54, 1.807) is 0 Å². The van der Waals surface area contributed by atoms with Crippen molar-refractivity contribution in [3.8, 4) is 22.6 Å². The molecular weight excluding hydrogens is 543 g/mol. The number of fused-ring (bicyclic) bond motifs is 3. The Morgan fingerprint density at radius 1 is 0.674 bits per heavy atom. The zero-order valence-electron chi connectivity index (χ0n) is 29.7. The number of benzene rings is 3. The summed E-state index contributed by atoms with van der Waals surface area (Å²) in [5.41, 5.74) is 9.18. The Morgan fingerprint density at radius 2 is 1.23 bits per heavy atom. The summed E-state index contributed by atoms with van der Waals surface area (Å²) < 4.78 is 14.3. The third-order valence-corrected chi connectivity index (χ3v) is 10.1. The van der Waals surface area contributed by atoms with Gasteiger partial charge in [-0.05, 0) is 79.9 Å². The van der Waals surface area contributed by atoms with Crippen LogP contribution in [0.15, 0.2) is 48.5 Å². The Morgan fingerprint density at radius 3 is 1.72 bits per heavy atom. The molecular formula is C40H57O2P. The van der Waals surface area contributed by atoms with Gasteiger partial charge in [-0.25, -0.2) is 0 Å².